The zero-order valence-electron chi connectivity index (χ0n) is 19.3. The number of hydrogen-bond donors (Lipinski definition) is 0. The highest BCUT2D eigenvalue weighted by Crippen LogP contribution is 2.33. The Morgan fingerprint density at radius 2 is 0.939 bits per heavy atom. The summed E-state index contributed by atoms with van der Waals surface area (Å²) in [4.78, 5) is 0. The minimum absolute atomic E-state index is 0.519. The van der Waals surface area contributed by atoms with Gasteiger partial charge in [0.25, 0.3) is 0 Å². The number of rotatable bonds is 24. The lowest BCUT2D eigenvalue weighted by molar-refractivity contribution is 0.141. The summed E-state index contributed by atoms with van der Waals surface area (Å²) in [7, 11) is 0. The lowest BCUT2D eigenvalue weighted by Crippen LogP contribution is -2.25. The number of ether oxygens (including phenoxy) is 4. The molecule has 0 bridgehead atoms. The molecule has 0 aliphatic carbocycles. The van der Waals surface area contributed by atoms with E-state index in [1.165, 1.54) is 23.0 Å². The standard InChI is InChI=1S/C22H38O4S7/c1(23-5-17-13-29-17)3-27-11-21(9-25-7-19-15-31-19)33-22(10-26-8-20-16-32-20)12-28-4-2-24-6-18-14-30-18/h17-22H,1-16H2. The smallest absolute Gasteiger partial charge is 0.0593 e. The molecule has 11 heteroatoms. The summed E-state index contributed by atoms with van der Waals surface area (Å²) >= 11 is 14.2. The van der Waals surface area contributed by atoms with Gasteiger partial charge in [0.1, 0.15) is 0 Å². The summed E-state index contributed by atoms with van der Waals surface area (Å²) in [5.41, 5.74) is 0. The lowest BCUT2D eigenvalue weighted by atomic mass is 10.5. The van der Waals surface area contributed by atoms with E-state index in [0.717, 1.165) is 96.9 Å². The second-order valence-corrected chi connectivity index (χ2v) is 17.8. The average Bonchev–Trinajstić information content (AvgIpc) is 3.62. The van der Waals surface area contributed by atoms with Gasteiger partial charge in [0.2, 0.25) is 0 Å². The van der Waals surface area contributed by atoms with E-state index in [1.807, 2.05) is 70.6 Å². The van der Waals surface area contributed by atoms with Crippen molar-refractivity contribution in [2.45, 2.75) is 31.5 Å². The molecule has 0 amide bonds. The highest BCUT2D eigenvalue weighted by molar-refractivity contribution is 8.07. The van der Waals surface area contributed by atoms with Crippen LogP contribution in [0.15, 0.2) is 0 Å². The predicted molar refractivity (Wildman–Crippen MR) is 158 cm³/mol. The largest absolute Gasteiger partial charge is 0.379 e. The Morgan fingerprint density at radius 1 is 0.576 bits per heavy atom. The minimum Gasteiger partial charge on any atom is -0.379 e. The second-order valence-electron chi connectivity index (χ2n) is 8.58. The molecule has 4 fully saturated rings. The third-order valence-electron chi connectivity index (χ3n) is 5.17. The first-order valence-electron chi connectivity index (χ1n) is 11.9. The molecule has 4 nitrogen and oxygen atoms in total. The van der Waals surface area contributed by atoms with Crippen LogP contribution in [0.1, 0.15) is 0 Å². The SMILES string of the molecule is C(CSCC(COCC1CS1)SC(COCC1CS1)CSCCOCC1CS1)OCC1CS1. The van der Waals surface area contributed by atoms with Crippen molar-refractivity contribution in [3.8, 4) is 0 Å². The molecule has 4 rings (SSSR count). The summed E-state index contributed by atoms with van der Waals surface area (Å²) in [6, 6.07) is 0. The molecule has 0 aromatic carbocycles. The van der Waals surface area contributed by atoms with Crippen molar-refractivity contribution in [1.29, 1.82) is 0 Å². The van der Waals surface area contributed by atoms with Crippen LogP contribution >= 0.6 is 82.3 Å². The molecule has 192 valence electrons. The Labute approximate surface area is 230 Å². The highest BCUT2D eigenvalue weighted by atomic mass is 32.2. The van der Waals surface area contributed by atoms with Crippen molar-refractivity contribution in [3.63, 3.8) is 0 Å². The molecule has 0 N–H and O–H groups in total. The van der Waals surface area contributed by atoms with E-state index in [1.54, 1.807) is 0 Å². The molecule has 4 saturated heterocycles. The Kier molecular flexibility index (Phi) is 14.6. The zero-order valence-corrected chi connectivity index (χ0v) is 25.0. The van der Waals surface area contributed by atoms with Crippen LogP contribution in [0.25, 0.3) is 0 Å². The summed E-state index contributed by atoms with van der Waals surface area (Å²) in [5.74, 6) is 9.55. The monoisotopic (exact) mass is 590 g/mol. The van der Waals surface area contributed by atoms with E-state index in [4.69, 9.17) is 18.9 Å². The van der Waals surface area contributed by atoms with Crippen LogP contribution < -0.4 is 0 Å². The summed E-state index contributed by atoms with van der Waals surface area (Å²) in [6.07, 6.45) is 0. The van der Waals surface area contributed by atoms with Crippen LogP contribution in [0.3, 0.4) is 0 Å². The van der Waals surface area contributed by atoms with Gasteiger partial charge in [0.05, 0.1) is 52.9 Å². The van der Waals surface area contributed by atoms with Gasteiger partial charge in [-0.15, -0.1) is 11.8 Å². The van der Waals surface area contributed by atoms with Crippen molar-refractivity contribution in [1.82, 2.24) is 0 Å². The Hall–Kier alpha value is 2.29. The van der Waals surface area contributed by atoms with Gasteiger partial charge in [0.15, 0.2) is 0 Å². The Morgan fingerprint density at radius 3 is 1.30 bits per heavy atom. The first-order valence-corrected chi connectivity index (χ1v) is 19.4. The normalized spacial score (nSPS) is 29.1. The molecule has 33 heavy (non-hydrogen) atoms. The van der Waals surface area contributed by atoms with Crippen LogP contribution in [-0.4, -0.2) is 130 Å². The van der Waals surface area contributed by atoms with Gasteiger partial charge in [-0.2, -0.15) is 70.6 Å². The van der Waals surface area contributed by atoms with Crippen molar-refractivity contribution >= 4 is 82.3 Å². The minimum atomic E-state index is 0.519. The fourth-order valence-electron chi connectivity index (χ4n) is 2.94. The van der Waals surface area contributed by atoms with Gasteiger partial charge in [-0.05, 0) is 0 Å². The first kappa shape index (κ1) is 28.3. The van der Waals surface area contributed by atoms with E-state index >= 15 is 0 Å². The van der Waals surface area contributed by atoms with Crippen molar-refractivity contribution < 1.29 is 18.9 Å². The molecule has 4 aliphatic heterocycles. The average molecular weight is 591 g/mol. The van der Waals surface area contributed by atoms with E-state index in [-0.39, 0.29) is 0 Å². The van der Waals surface area contributed by atoms with Crippen molar-refractivity contribution in [3.05, 3.63) is 0 Å². The molecule has 0 saturated carbocycles. The van der Waals surface area contributed by atoms with E-state index < -0.39 is 0 Å². The van der Waals surface area contributed by atoms with Gasteiger partial charge >= 0.3 is 0 Å². The lowest BCUT2D eigenvalue weighted by Gasteiger charge is -2.23. The maximum Gasteiger partial charge on any atom is 0.0593 e. The van der Waals surface area contributed by atoms with Crippen molar-refractivity contribution in [2.24, 2.45) is 0 Å². The van der Waals surface area contributed by atoms with Crippen LogP contribution in [0.5, 0.6) is 0 Å². The number of hydrogen-bond acceptors (Lipinski definition) is 11. The predicted octanol–water partition coefficient (Wildman–Crippen LogP) is 4.45. The van der Waals surface area contributed by atoms with Crippen molar-refractivity contribution in [2.75, 3.05) is 98.9 Å². The molecular weight excluding hydrogens is 553 g/mol. The molecule has 4 aliphatic rings. The quantitative estimate of drug-likeness (QED) is 0.118. The third-order valence-corrected chi connectivity index (χ3v) is 12.9. The van der Waals surface area contributed by atoms with Gasteiger partial charge in [-0.1, -0.05) is 0 Å². The maximum absolute atomic E-state index is 6.12. The third kappa shape index (κ3) is 15.3. The fraction of sp³-hybridized carbons (Fsp3) is 1.00. The van der Waals surface area contributed by atoms with Crippen LogP contribution in [0, 0.1) is 0 Å². The van der Waals surface area contributed by atoms with Crippen LogP contribution in [0.2, 0.25) is 0 Å². The van der Waals surface area contributed by atoms with Gasteiger partial charge in [-0.25, -0.2) is 0 Å². The van der Waals surface area contributed by atoms with Gasteiger partial charge in [-0.3, -0.25) is 0 Å². The summed E-state index contributed by atoms with van der Waals surface area (Å²) in [5, 5.41) is 4.08. The molecule has 4 heterocycles. The zero-order chi connectivity index (χ0) is 22.6. The second kappa shape index (κ2) is 17.0. The maximum atomic E-state index is 6.12. The molecule has 0 aromatic heterocycles. The Balaban J connectivity index is 1.12. The van der Waals surface area contributed by atoms with Crippen LogP contribution in [-0.2, 0) is 18.9 Å². The molecule has 0 aromatic rings. The molecule has 6 unspecified atom stereocenters. The highest BCUT2D eigenvalue weighted by Gasteiger charge is 2.26. The van der Waals surface area contributed by atoms with E-state index in [9.17, 15) is 0 Å². The Bertz CT molecular complexity index is 475. The topological polar surface area (TPSA) is 36.9 Å². The number of thioether (sulfide) groups is 7. The van der Waals surface area contributed by atoms with Gasteiger partial charge in [0, 0.05) is 77.5 Å². The van der Waals surface area contributed by atoms with Crippen LogP contribution in [0.4, 0.5) is 0 Å². The van der Waals surface area contributed by atoms with E-state index in [0.29, 0.717) is 10.5 Å². The summed E-state index contributed by atoms with van der Waals surface area (Å²) in [6.45, 7) is 7.17. The van der Waals surface area contributed by atoms with Gasteiger partial charge < -0.3 is 18.9 Å². The molecule has 6 atom stereocenters. The molecule has 0 radical (unpaired) electrons. The summed E-state index contributed by atoms with van der Waals surface area (Å²) < 4.78 is 23.8. The molecule has 0 spiro atoms. The first-order chi connectivity index (χ1) is 16.3. The van der Waals surface area contributed by atoms with E-state index in [2.05, 4.69) is 11.8 Å². The fourth-order valence-corrected chi connectivity index (χ4v) is 8.26. The molecular formula is C22H38O4S7.